The van der Waals surface area contributed by atoms with Gasteiger partial charge in [0.15, 0.2) is 11.4 Å². The molecule has 2 atom stereocenters. The zero-order valence-electron chi connectivity index (χ0n) is 20.9. The summed E-state index contributed by atoms with van der Waals surface area (Å²) >= 11 is 0. The van der Waals surface area contributed by atoms with Crippen molar-refractivity contribution in [2.24, 2.45) is 5.41 Å². The van der Waals surface area contributed by atoms with E-state index >= 15 is 0 Å². The number of nitrogens with one attached hydrogen (secondary N) is 1. The minimum absolute atomic E-state index is 0.105. The van der Waals surface area contributed by atoms with Gasteiger partial charge in [-0.25, -0.2) is 4.98 Å². The van der Waals surface area contributed by atoms with E-state index in [0.29, 0.717) is 35.7 Å². The number of ether oxygens (including phenoxy) is 2. The highest BCUT2D eigenvalue weighted by atomic mass is 16.5. The highest BCUT2D eigenvalue weighted by molar-refractivity contribution is 6.08. The van der Waals surface area contributed by atoms with Gasteiger partial charge in [-0.15, -0.1) is 0 Å². The Morgan fingerprint density at radius 1 is 1.16 bits per heavy atom. The van der Waals surface area contributed by atoms with E-state index in [-0.39, 0.29) is 43.6 Å². The molecular weight excluding hydrogens is 492 g/mol. The summed E-state index contributed by atoms with van der Waals surface area (Å²) in [7, 11) is 2.95. The molecule has 5 rings (SSSR count). The fraction of sp³-hybridized carbons (Fsp3) is 0.370. The smallest absolute Gasteiger partial charge is 0.254 e. The second-order valence-corrected chi connectivity index (χ2v) is 9.43. The summed E-state index contributed by atoms with van der Waals surface area (Å²) < 4.78 is 10.6. The fourth-order valence-corrected chi connectivity index (χ4v) is 5.07. The second-order valence-electron chi connectivity index (χ2n) is 9.43. The van der Waals surface area contributed by atoms with Crippen molar-refractivity contribution in [2.45, 2.75) is 31.8 Å². The molecule has 0 spiro atoms. The molecule has 2 N–H and O–H groups in total. The number of carbonyl (C=O) groups is 4. The van der Waals surface area contributed by atoms with Gasteiger partial charge in [0.2, 0.25) is 17.7 Å². The first-order valence-electron chi connectivity index (χ1n) is 12.1. The van der Waals surface area contributed by atoms with E-state index in [2.05, 4.69) is 22.1 Å². The summed E-state index contributed by atoms with van der Waals surface area (Å²) in [4.78, 5) is 58.3. The van der Waals surface area contributed by atoms with Crippen molar-refractivity contribution >= 4 is 29.4 Å². The largest absolute Gasteiger partial charge is 0.497 e. The molecule has 0 bridgehead atoms. The Balaban J connectivity index is 1.49. The highest BCUT2D eigenvalue weighted by Crippen LogP contribution is 2.34. The van der Waals surface area contributed by atoms with Crippen molar-refractivity contribution in [3.05, 3.63) is 47.2 Å². The molecule has 38 heavy (non-hydrogen) atoms. The lowest BCUT2D eigenvalue weighted by molar-refractivity contribution is -0.127. The van der Waals surface area contributed by atoms with Gasteiger partial charge >= 0.3 is 0 Å². The van der Waals surface area contributed by atoms with Crippen molar-refractivity contribution < 1.29 is 33.8 Å². The number of anilines is 1. The third-order valence-electron chi connectivity index (χ3n) is 7.07. The average Bonchev–Trinajstić information content (AvgIpc) is 3.54. The van der Waals surface area contributed by atoms with Crippen molar-refractivity contribution in [2.75, 3.05) is 32.3 Å². The number of aliphatic hydroxyl groups excluding tert-OH is 1. The first-order valence-corrected chi connectivity index (χ1v) is 12.1. The molecule has 1 aromatic carbocycles. The number of hydrogen-bond donors (Lipinski definition) is 2. The number of pyridine rings is 1. The Hall–Kier alpha value is -4.43. The summed E-state index contributed by atoms with van der Waals surface area (Å²) in [5.41, 5.74) is -0.0809. The van der Waals surface area contributed by atoms with Gasteiger partial charge in [0.25, 0.3) is 5.91 Å². The van der Waals surface area contributed by atoms with Gasteiger partial charge in [-0.2, -0.15) is 0 Å². The molecule has 2 fully saturated rings. The van der Waals surface area contributed by atoms with Crippen molar-refractivity contribution in [3.63, 3.8) is 0 Å². The molecule has 3 aliphatic heterocycles. The Kier molecular flexibility index (Phi) is 6.50. The van der Waals surface area contributed by atoms with Crippen molar-refractivity contribution in [3.8, 4) is 23.3 Å². The quantitative estimate of drug-likeness (QED) is 0.420. The number of rotatable bonds is 6. The highest BCUT2D eigenvalue weighted by Gasteiger charge is 2.48. The van der Waals surface area contributed by atoms with E-state index in [1.165, 1.54) is 24.0 Å². The van der Waals surface area contributed by atoms with E-state index < -0.39 is 23.3 Å². The zero-order valence-corrected chi connectivity index (χ0v) is 20.9. The first-order chi connectivity index (χ1) is 18.3. The van der Waals surface area contributed by atoms with Crippen LogP contribution in [-0.2, 0) is 20.9 Å². The number of aromatic nitrogens is 1. The molecule has 0 saturated carbocycles. The van der Waals surface area contributed by atoms with E-state index in [4.69, 9.17) is 9.47 Å². The Morgan fingerprint density at radius 2 is 1.97 bits per heavy atom. The minimum Gasteiger partial charge on any atom is -0.497 e. The third-order valence-corrected chi connectivity index (χ3v) is 7.07. The van der Waals surface area contributed by atoms with Gasteiger partial charge < -0.3 is 19.5 Å². The van der Waals surface area contributed by atoms with Crippen LogP contribution in [0.15, 0.2) is 30.3 Å². The summed E-state index contributed by atoms with van der Waals surface area (Å²) in [5.74, 6) is 5.42. The molecule has 2 aromatic rings. The number of fused-ring (bicyclic) bond motifs is 1. The monoisotopic (exact) mass is 518 g/mol. The lowest BCUT2D eigenvalue weighted by Crippen LogP contribution is -2.42. The Labute approximate surface area is 218 Å². The van der Waals surface area contributed by atoms with E-state index in [1.54, 1.807) is 30.3 Å². The van der Waals surface area contributed by atoms with Gasteiger partial charge in [-0.05, 0) is 42.2 Å². The van der Waals surface area contributed by atoms with Crippen LogP contribution in [0.5, 0.6) is 11.5 Å². The zero-order chi connectivity index (χ0) is 27.0. The molecule has 196 valence electrons. The molecule has 11 heteroatoms. The van der Waals surface area contributed by atoms with E-state index in [1.807, 2.05) is 0 Å². The minimum atomic E-state index is -1.50. The first kappa shape index (κ1) is 25.2. The van der Waals surface area contributed by atoms with Crippen molar-refractivity contribution in [1.82, 2.24) is 15.2 Å². The lowest BCUT2D eigenvalue weighted by Gasteiger charge is -2.26. The van der Waals surface area contributed by atoms with Crippen molar-refractivity contribution in [1.29, 1.82) is 0 Å². The maximum Gasteiger partial charge on any atom is 0.254 e. The molecule has 3 aliphatic rings. The molecule has 2 saturated heterocycles. The fourth-order valence-electron chi connectivity index (χ4n) is 5.07. The predicted octanol–water partition coefficient (Wildman–Crippen LogP) is 0.627. The SMILES string of the molecule is COc1ccc2c(c1)C(=O)N(C[C@@]1(C#Cc3nc(N4C(=O)CC[C@H]4CO)ccc3OC)CC(=O)NC1=O)C2. The predicted molar refractivity (Wildman–Crippen MR) is 133 cm³/mol. The maximum absolute atomic E-state index is 13.2. The van der Waals surface area contributed by atoms with Crippen LogP contribution < -0.4 is 19.7 Å². The number of carbonyl (C=O) groups excluding carboxylic acids is 4. The number of methoxy groups -OCH3 is 2. The van der Waals surface area contributed by atoms with Gasteiger partial charge in [-0.1, -0.05) is 12.0 Å². The number of imide groups is 1. The van der Waals surface area contributed by atoms with Crippen LogP contribution in [-0.4, -0.2) is 72.0 Å². The lowest BCUT2D eigenvalue weighted by atomic mass is 9.86. The number of hydrogen-bond acceptors (Lipinski definition) is 8. The number of nitrogens with zero attached hydrogens (tertiary/aromatic N) is 3. The summed E-state index contributed by atoms with van der Waals surface area (Å²) in [6.07, 6.45) is 0.582. The number of benzene rings is 1. The Morgan fingerprint density at radius 3 is 2.66 bits per heavy atom. The molecule has 0 unspecified atom stereocenters. The summed E-state index contributed by atoms with van der Waals surface area (Å²) in [6.45, 7) is -0.0453. The van der Waals surface area contributed by atoms with Gasteiger partial charge in [0.1, 0.15) is 17.0 Å². The molecule has 0 aliphatic carbocycles. The second kappa shape index (κ2) is 9.79. The standard InChI is InChI=1S/C27H26N4O7/c1-37-18-5-3-16-13-30(25(35)19(16)11-18)15-27(12-23(33)29-26(27)36)10-9-20-21(38-2)6-7-22(28-20)31-17(14-32)4-8-24(31)34/h3,5-7,11,17,32H,4,8,12-15H2,1-2H3,(H,29,33,36)/t17-,27+/m0/s1. The van der Waals surface area contributed by atoms with Gasteiger partial charge in [-0.3, -0.25) is 29.4 Å². The van der Waals surface area contributed by atoms with Crippen LogP contribution in [0.3, 0.4) is 0 Å². The van der Waals surface area contributed by atoms with Crippen LogP contribution in [0, 0.1) is 17.3 Å². The third kappa shape index (κ3) is 4.33. The van der Waals surface area contributed by atoms with Crippen LogP contribution in [0.1, 0.15) is 40.9 Å². The summed E-state index contributed by atoms with van der Waals surface area (Å²) in [5, 5.41) is 12.0. The van der Waals surface area contributed by atoms with Crippen LogP contribution in [0.4, 0.5) is 5.82 Å². The molecule has 11 nitrogen and oxygen atoms in total. The van der Waals surface area contributed by atoms with Gasteiger partial charge in [0, 0.05) is 25.1 Å². The molecular formula is C27H26N4O7. The van der Waals surface area contributed by atoms with Crippen LogP contribution in [0.25, 0.3) is 0 Å². The number of aliphatic hydroxyl groups is 1. The van der Waals surface area contributed by atoms with Crippen LogP contribution in [0.2, 0.25) is 0 Å². The number of amides is 4. The summed E-state index contributed by atoms with van der Waals surface area (Å²) in [6, 6.07) is 8.02. The van der Waals surface area contributed by atoms with E-state index in [0.717, 1.165) is 5.56 Å². The molecule has 4 amide bonds. The average molecular weight is 519 g/mol. The topological polar surface area (TPSA) is 138 Å². The molecule has 4 heterocycles. The van der Waals surface area contributed by atoms with Gasteiger partial charge in [0.05, 0.1) is 33.3 Å². The Bertz CT molecular complexity index is 1410. The van der Waals surface area contributed by atoms with Crippen LogP contribution >= 0.6 is 0 Å². The molecule has 1 aromatic heterocycles. The molecule has 0 radical (unpaired) electrons. The normalized spacial score (nSPS) is 22.3. The maximum atomic E-state index is 13.2. The van der Waals surface area contributed by atoms with E-state index in [9.17, 15) is 24.3 Å².